The topological polar surface area (TPSA) is 69.4 Å². The van der Waals surface area contributed by atoms with Gasteiger partial charge in [-0.05, 0) is 24.3 Å². The number of benzene rings is 1. The molecule has 0 saturated heterocycles. The van der Waals surface area contributed by atoms with E-state index in [1.165, 1.54) is 0 Å². The lowest BCUT2D eigenvalue weighted by Gasteiger charge is -2.19. The highest BCUT2D eigenvalue weighted by molar-refractivity contribution is 7.80. The van der Waals surface area contributed by atoms with Crippen LogP contribution in [0.3, 0.4) is 0 Å². The van der Waals surface area contributed by atoms with Crippen LogP contribution in [-0.4, -0.2) is 23.2 Å². The monoisotopic (exact) mass is 287 g/mol. The van der Waals surface area contributed by atoms with Gasteiger partial charge in [-0.15, -0.1) is 0 Å². The SMILES string of the molecule is NC(=S)c1ncccc1Nc1ccc2c(c1)OCCO2. The molecule has 5 nitrogen and oxygen atoms in total. The number of aromatic nitrogens is 1. The lowest BCUT2D eigenvalue weighted by Crippen LogP contribution is -2.15. The van der Waals surface area contributed by atoms with E-state index in [-0.39, 0.29) is 4.99 Å². The Bertz CT molecular complexity index is 661. The first-order valence-electron chi connectivity index (χ1n) is 6.15. The highest BCUT2D eigenvalue weighted by Crippen LogP contribution is 2.33. The molecule has 1 aliphatic rings. The molecule has 0 fully saturated rings. The van der Waals surface area contributed by atoms with Crippen molar-refractivity contribution in [2.45, 2.75) is 0 Å². The molecule has 6 heteroatoms. The summed E-state index contributed by atoms with van der Waals surface area (Å²) in [6, 6.07) is 9.35. The van der Waals surface area contributed by atoms with E-state index in [1.807, 2.05) is 30.3 Å². The van der Waals surface area contributed by atoms with Crippen molar-refractivity contribution in [1.82, 2.24) is 4.98 Å². The summed E-state index contributed by atoms with van der Waals surface area (Å²) in [5.74, 6) is 1.48. The number of nitrogens with one attached hydrogen (secondary N) is 1. The van der Waals surface area contributed by atoms with E-state index < -0.39 is 0 Å². The van der Waals surface area contributed by atoms with Gasteiger partial charge in [-0.2, -0.15) is 0 Å². The number of nitrogens with zero attached hydrogens (tertiary/aromatic N) is 1. The molecule has 0 aliphatic carbocycles. The summed E-state index contributed by atoms with van der Waals surface area (Å²) >= 11 is 4.99. The Morgan fingerprint density at radius 2 is 2.00 bits per heavy atom. The smallest absolute Gasteiger partial charge is 0.163 e. The van der Waals surface area contributed by atoms with E-state index in [4.69, 9.17) is 27.4 Å². The summed E-state index contributed by atoms with van der Waals surface area (Å²) in [7, 11) is 0. The number of nitrogens with two attached hydrogens (primary N) is 1. The molecule has 1 aliphatic heterocycles. The number of anilines is 2. The summed E-state index contributed by atoms with van der Waals surface area (Å²) in [4.78, 5) is 4.43. The average Bonchev–Trinajstić information content (AvgIpc) is 2.47. The normalized spacial score (nSPS) is 12.8. The number of hydrogen-bond acceptors (Lipinski definition) is 5. The third-order valence-corrected chi connectivity index (χ3v) is 3.06. The fourth-order valence-electron chi connectivity index (χ4n) is 1.98. The number of hydrogen-bond donors (Lipinski definition) is 2. The van der Waals surface area contributed by atoms with Gasteiger partial charge < -0.3 is 20.5 Å². The number of ether oxygens (including phenoxy) is 2. The van der Waals surface area contributed by atoms with Crippen LogP contribution in [0.4, 0.5) is 11.4 Å². The van der Waals surface area contributed by atoms with Gasteiger partial charge in [0.15, 0.2) is 11.5 Å². The molecular weight excluding hydrogens is 274 g/mol. The maximum Gasteiger partial charge on any atom is 0.163 e. The van der Waals surface area contributed by atoms with Gasteiger partial charge in [-0.3, -0.25) is 4.98 Å². The number of pyridine rings is 1. The zero-order valence-electron chi connectivity index (χ0n) is 10.6. The summed E-state index contributed by atoms with van der Waals surface area (Å²) in [5, 5.41) is 3.24. The summed E-state index contributed by atoms with van der Waals surface area (Å²) in [6.45, 7) is 1.13. The Kier molecular flexibility index (Phi) is 3.39. The van der Waals surface area contributed by atoms with Crippen LogP contribution >= 0.6 is 12.2 Å². The molecular formula is C14H13N3O2S. The second-order valence-corrected chi connectivity index (χ2v) is 4.69. The summed E-state index contributed by atoms with van der Waals surface area (Å²) < 4.78 is 11.0. The molecule has 0 radical (unpaired) electrons. The Morgan fingerprint density at radius 1 is 1.20 bits per heavy atom. The summed E-state index contributed by atoms with van der Waals surface area (Å²) in [6.07, 6.45) is 1.66. The van der Waals surface area contributed by atoms with Gasteiger partial charge in [0, 0.05) is 18.0 Å². The van der Waals surface area contributed by atoms with Gasteiger partial charge in [0.25, 0.3) is 0 Å². The molecule has 0 atom stereocenters. The van der Waals surface area contributed by atoms with Crippen molar-refractivity contribution in [2.24, 2.45) is 5.73 Å². The van der Waals surface area contributed by atoms with Crippen molar-refractivity contribution in [1.29, 1.82) is 0 Å². The molecule has 102 valence electrons. The van der Waals surface area contributed by atoms with Crippen LogP contribution in [0, 0.1) is 0 Å². The van der Waals surface area contributed by atoms with Gasteiger partial charge in [-0.1, -0.05) is 12.2 Å². The quantitative estimate of drug-likeness (QED) is 0.844. The third-order valence-electron chi connectivity index (χ3n) is 2.86. The van der Waals surface area contributed by atoms with E-state index in [9.17, 15) is 0 Å². The number of fused-ring (bicyclic) bond motifs is 1. The van der Waals surface area contributed by atoms with Crippen LogP contribution in [0.2, 0.25) is 0 Å². The van der Waals surface area contributed by atoms with Gasteiger partial charge in [0.05, 0.1) is 5.69 Å². The lowest BCUT2D eigenvalue weighted by atomic mass is 10.2. The van der Waals surface area contributed by atoms with E-state index in [2.05, 4.69) is 10.3 Å². The van der Waals surface area contributed by atoms with Crippen molar-refractivity contribution in [2.75, 3.05) is 18.5 Å². The highest BCUT2D eigenvalue weighted by atomic mass is 32.1. The van der Waals surface area contributed by atoms with Crippen LogP contribution in [0.5, 0.6) is 11.5 Å². The predicted octanol–water partition coefficient (Wildman–Crippen LogP) is 2.23. The molecule has 1 aromatic heterocycles. The Morgan fingerprint density at radius 3 is 2.80 bits per heavy atom. The molecule has 3 rings (SSSR count). The first kappa shape index (κ1) is 12.7. The second kappa shape index (κ2) is 5.34. The Balaban J connectivity index is 1.90. The molecule has 0 amide bonds. The second-order valence-electron chi connectivity index (χ2n) is 4.25. The largest absolute Gasteiger partial charge is 0.486 e. The minimum atomic E-state index is 0.255. The summed E-state index contributed by atoms with van der Waals surface area (Å²) in [5.41, 5.74) is 7.85. The molecule has 1 aromatic carbocycles. The van der Waals surface area contributed by atoms with Crippen LogP contribution < -0.4 is 20.5 Å². The molecule has 3 N–H and O–H groups in total. The molecule has 0 unspecified atom stereocenters. The van der Waals surface area contributed by atoms with Crippen molar-refractivity contribution in [3.63, 3.8) is 0 Å². The van der Waals surface area contributed by atoms with E-state index in [0.717, 1.165) is 22.9 Å². The first-order chi connectivity index (χ1) is 9.74. The molecule has 0 spiro atoms. The fraction of sp³-hybridized carbons (Fsp3) is 0.143. The zero-order valence-corrected chi connectivity index (χ0v) is 11.4. The van der Waals surface area contributed by atoms with Crippen LogP contribution in [0.1, 0.15) is 5.69 Å². The van der Waals surface area contributed by atoms with Gasteiger partial charge in [0.2, 0.25) is 0 Å². The van der Waals surface area contributed by atoms with Crippen molar-refractivity contribution < 1.29 is 9.47 Å². The van der Waals surface area contributed by atoms with Crippen molar-refractivity contribution >= 4 is 28.6 Å². The number of thiocarbonyl (C=S) groups is 1. The molecule has 2 heterocycles. The Hall–Kier alpha value is -2.34. The minimum absolute atomic E-state index is 0.255. The maximum atomic E-state index is 5.66. The van der Waals surface area contributed by atoms with Gasteiger partial charge in [0.1, 0.15) is 23.9 Å². The van der Waals surface area contributed by atoms with E-state index in [1.54, 1.807) is 6.20 Å². The fourth-order valence-corrected chi connectivity index (χ4v) is 2.14. The van der Waals surface area contributed by atoms with E-state index in [0.29, 0.717) is 18.9 Å². The molecule has 0 saturated carbocycles. The van der Waals surface area contributed by atoms with Crippen LogP contribution in [0.15, 0.2) is 36.5 Å². The predicted molar refractivity (Wildman–Crippen MR) is 80.8 cm³/mol. The lowest BCUT2D eigenvalue weighted by molar-refractivity contribution is 0.171. The standard InChI is InChI=1S/C14H13N3O2S/c15-14(20)13-10(2-1-5-16-13)17-9-3-4-11-12(8-9)19-7-6-18-11/h1-5,8,17H,6-7H2,(H2,15,20). The third kappa shape index (κ3) is 2.50. The molecule has 2 aromatic rings. The van der Waals surface area contributed by atoms with Crippen LogP contribution in [0.25, 0.3) is 0 Å². The average molecular weight is 287 g/mol. The molecule has 0 bridgehead atoms. The van der Waals surface area contributed by atoms with Crippen LogP contribution in [-0.2, 0) is 0 Å². The number of rotatable bonds is 3. The van der Waals surface area contributed by atoms with E-state index >= 15 is 0 Å². The maximum absolute atomic E-state index is 5.66. The van der Waals surface area contributed by atoms with Gasteiger partial charge in [-0.25, -0.2) is 0 Å². The minimum Gasteiger partial charge on any atom is -0.486 e. The molecule has 20 heavy (non-hydrogen) atoms. The first-order valence-corrected chi connectivity index (χ1v) is 6.56. The van der Waals surface area contributed by atoms with Crippen molar-refractivity contribution in [3.05, 3.63) is 42.2 Å². The van der Waals surface area contributed by atoms with Gasteiger partial charge >= 0.3 is 0 Å². The zero-order chi connectivity index (χ0) is 13.9. The van der Waals surface area contributed by atoms with Crippen molar-refractivity contribution in [3.8, 4) is 11.5 Å². The Labute approximate surface area is 121 Å². The highest BCUT2D eigenvalue weighted by Gasteiger charge is 2.13.